The van der Waals surface area contributed by atoms with Crippen LogP contribution < -0.4 is 5.73 Å². The van der Waals surface area contributed by atoms with Gasteiger partial charge in [0.25, 0.3) is 0 Å². The lowest BCUT2D eigenvalue weighted by Gasteiger charge is -2.00. The van der Waals surface area contributed by atoms with Crippen LogP contribution in [-0.2, 0) is 6.42 Å². The van der Waals surface area contributed by atoms with Crippen molar-refractivity contribution in [1.82, 2.24) is 4.98 Å². The molecule has 1 aromatic heterocycles. The number of hydrogen-bond acceptors (Lipinski definition) is 3. The second-order valence-corrected chi connectivity index (χ2v) is 4.11. The number of aryl methyl sites for hydroxylation is 1. The third kappa shape index (κ3) is 2.43. The molecule has 0 bridgehead atoms. The lowest BCUT2D eigenvalue weighted by molar-refractivity contribution is 0.508. The van der Waals surface area contributed by atoms with E-state index >= 15 is 0 Å². The molecule has 0 atom stereocenters. The fraction of sp³-hybridized carbons (Fsp3) is 0.250. The zero-order chi connectivity index (χ0) is 11.5. The maximum Gasteiger partial charge on any atom is 0.196 e. The van der Waals surface area contributed by atoms with Gasteiger partial charge in [0, 0.05) is 23.6 Å². The van der Waals surface area contributed by atoms with Crippen LogP contribution in [0, 0.1) is 6.92 Å². The molecule has 1 aromatic carbocycles. The van der Waals surface area contributed by atoms with Gasteiger partial charge in [-0.2, -0.15) is 0 Å². The Labute approximate surface area is 99.2 Å². The molecule has 4 heteroatoms. The number of hydrogen-bond donors (Lipinski definition) is 1. The molecule has 0 radical (unpaired) electrons. The molecule has 0 aliphatic rings. The summed E-state index contributed by atoms with van der Waals surface area (Å²) in [5.74, 6) is 1.39. The lowest BCUT2D eigenvalue weighted by atomic mass is 10.1. The van der Waals surface area contributed by atoms with Gasteiger partial charge in [0.05, 0.1) is 6.20 Å². The number of oxazole rings is 1. The van der Waals surface area contributed by atoms with E-state index in [-0.39, 0.29) is 0 Å². The van der Waals surface area contributed by atoms with Crippen molar-refractivity contribution >= 4 is 11.6 Å². The van der Waals surface area contributed by atoms with E-state index in [2.05, 4.69) is 4.98 Å². The van der Waals surface area contributed by atoms with E-state index in [0.717, 1.165) is 16.9 Å². The number of nitrogens with zero attached hydrogens (tertiary/aromatic N) is 1. The lowest BCUT2D eigenvalue weighted by Crippen LogP contribution is -2.02. The maximum absolute atomic E-state index is 5.99. The molecule has 0 aliphatic heterocycles. The predicted molar refractivity (Wildman–Crippen MR) is 64.4 cm³/mol. The summed E-state index contributed by atoms with van der Waals surface area (Å²) in [6.07, 6.45) is 2.36. The summed E-state index contributed by atoms with van der Waals surface area (Å²) in [6, 6.07) is 5.78. The van der Waals surface area contributed by atoms with Crippen molar-refractivity contribution in [2.24, 2.45) is 5.73 Å². The molecule has 16 heavy (non-hydrogen) atoms. The predicted octanol–water partition coefficient (Wildman–Crippen LogP) is 2.80. The minimum atomic E-state index is 0.536. The molecule has 2 rings (SSSR count). The van der Waals surface area contributed by atoms with Crippen LogP contribution in [0.1, 0.15) is 11.5 Å². The normalized spacial score (nSPS) is 10.7. The molecule has 2 aromatic rings. The largest absolute Gasteiger partial charge is 0.441 e. The molecule has 0 unspecified atom stereocenters. The third-order valence-corrected chi connectivity index (χ3v) is 2.46. The van der Waals surface area contributed by atoms with Gasteiger partial charge in [0.2, 0.25) is 0 Å². The molecule has 0 spiro atoms. The Morgan fingerprint density at radius 2 is 2.19 bits per heavy atom. The van der Waals surface area contributed by atoms with Crippen molar-refractivity contribution in [3.8, 4) is 11.3 Å². The van der Waals surface area contributed by atoms with Crippen LogP contribution in [0.5, 0.6) is 0 Å². The van der Waals surface area contributed by atoms with E-state index in [4.69, 9.17) is 21.8 Å². The Bertz CT molecular complexity index is 473. The van der Waals surface area contributed by atoms with Gasteiger partial charge in [0.15, 0.2) is 11.7 Å². The van der Waals surface area contributed by atoms with Gasteiger partial charge in [-0.15, -0.1) is 0 Å². The topological polar surface area (TPSA) is 52.0 Å². The first-order valence-electron chi connectivity index (χ1n) is 5.11. The summed E-state index contributed by atoms with van der Waals surface area (Å²) in [5, 5.41) is 0.701. The minimum Gasteiger partial charge on any atom is -0.441 e. The first-order valence-corrected chi connectivity index (χ1v) is 5.49. The Morgan fingerprint density at radius 3 is 2.88 bits per heavy atom. The first-order chi connectivity index (χ1) is 7.69. The van der Waals surface area contributed by atoms with Crippen LogP contribution in [0.25, 0.3) is 11.3 Å². The van der Waals surface area contributed by atoms with Crippen LogP contribution in [0.4, 0.5) is 0 Å². The van der Waals surface area contributed by atoms with Crippen molar-refractivity contribution < 1.29 is 4.42 Å². The number of benzene rings is 1. The summed E-state index contributed by atoms with van der Waals surface area (Å²) in [4.78, 5) is 4.15. The average Bonchev–Trinajstić information content (AvgIpc) is 2.65. The molecule has 0 aliphatic carbocycles. The molecular formula is C12H13ClN2O. The second kappa shape index (κ2) is 4.68. The standard InChI is InChI=1S/C12H13ClN2O/c1-8-4-9(6-10(13)5-8)11-7-15-12(16-11)2-3-14/h4-7H,2-3,14H2,1H3. The molecule has 2 N–H and O–H groups in total. The molecule has 1 heterocycles. The molecule has 0 saturated heterocycles. The van der Waals surface area contributed by atoms with Crippen molar-refractivity contribution in [1.29, 1.82) is 0 Å². The summed E-state index contributed by atoms with van der Waals surface area (Å²) in [5.41, 5.74) is 7.48. The second-order valence-electron chi connectivity index (χ2n) is 3.67. The SMILES string of the molecule is Cc1cc(Cl)cc(-c2cnc(CCN)o2)c1. The van der Waals surface area contributed by atoms with Crippen molar-refractivity contribution in [2.75, 3.05) is 6.54 Å². The summed E-state index contributed by atoms with van der Waals surface area (Å²) < 4.78 is 5.57. The van der Waals surface area contributed by atoms with Crippen LogP contribution >= 0.6 is 11.6 Å². The summed E-state index contributed by atoms with van der Waals surface area (Å²) in [6.45, 7) is 2.53. The Kier molecular flexibility index (Phi) is 3.27. The van der Waals surface area contributed by atoms with Crippen molar-refractivity contribution in [3.63, 3.8) is 0 Å². The van der Waals surface area contributed by atoms with Gasteiger partial charge < -0.3 is 10.2 Å². The highest BCUT2D eigenvalue weighted by Gasteiger charge is 2.07. The van der Waals surface area contributed by atoms with Gasteiger partial charge >= 0.3 is 0 Å². The summed E-state index contributed by atoms with van der Waals surface area (Å²) >= 11 is 5.99. The number of aromatic nitrogens is 1. The van der Waals surface area contributed by atoms with E-state index in [0.29, 0.717) is 23.9 Å². The van der Waals surface area contributed by atoms with Crippen LogP contribution in [-0.4, -0.2) is 11.5 Å². The molecule has 0 saturated carbocycles. The Morgan fingerprint density at radius 1 is 1.38 bits per heavy atom. The number of halogens is 1. The molecule has 0 amide bonds. The van der Waals surface area contributed by atoms with Gasteiger partial charge in [-0.05, 0) is 30.7 Å². The van der Waals surface area contributed by atoms with Gasteiger partial charge in [0.1, 0.15) is 0 Å². The highest BCUT2D eigenvalue weighted by molar-refractivity contribution is 6.30. The molecule has 84 valence electrons. The van der Waals surface area contributed by atoms with Gasteiger partial charge in [-0.3, -0.25) is 0 Å². The van der Waals surface area contributed by atoms with Gasteiger partial charge in [-0.25, -0.2) is 4.98 Å². The van der Waals surface area contributed by atoms with E-state index < -0.39 is 0 Å². The number of nitrogens with two attached hydrogens (primary N) is 1. The smallest absolute Gasteiger partial charge is 0.196 e. The minimum absolute atomic E-state index is 0.536. The van der Waals surface area contributed by atoms with Crippen molar-refractivity contribution in [2.45, 2.75) is 13.3 Å². The van der Waals surface area contributed by atoms with E-state index in [1.54, 1.807) is 6.20 Å². The molecule has 3 nitrogen and oxygen atoms in total. The summed E-state index contributed by atoms with van der Waals surface area (Å²) in [7, 11) is 0. The van der Waals surface area contributed by atoms with E-state index in [1.165, 1.54) is 0 Å². The Balaban J connectivity index is 2.34. The van der Waals surface area contributed by atoms with Crippen LogP contribution in [0.3, 0.4) is 0 Å². The van der Waals surface area contributed by atoms with Crippen LogP contribution in [0.15, 0.2) is 28.8 Å². The van der Waals surface area contributed by atoms with E-state index in [1.807, 2.05) is 25.1 Å². The third-order valence-electron chi connectivity index (χ3n) is 2.24. The highest BCUT2D eigenvalue weighted by Crippen LogP contribution is 2.25. The quantitative estimate of drug-likeness (QED) is 0.892. The monoisotopic (exact) mass is 236 g/mol. The zero-order valence-corrected chi connectivity index (χ0v) is 9.79. The Hall–Kier alpha value is -1.32. The fourth-order valence-electron chi connectivity index (χ4n) is 1.56. The molecular weight excluding hydrogens is 224 g/mol. The maximum atomic E-state index is 5.99. The number of rotatable bonds is 3. The van der Waals surface area contributed by atoms with Gasteiger partial charge in [-0.1, -0.05) is 11.6 Å². The first kappa shape index (κ1) is 11.2. The average molecular weight is 237 g/mol. The highest BCUT2D eigenvalue weighted by atomic mass is 35.5. The fourth-order valence-corrected chi connectivity index (χ4v) is 1.85. The molecule has 0 fully saturated rings. The zero-order valence-electron chi connectivity index (χ0n) is 9.03. The van der Waals surface area contributed by atoms with Crippen molar-refractivity contribution in [3.05, 3.63) is 40.9 Å². The van der Waals surface area contributed by atoms with E-state index in [9.17, 15) is 0 Å². The van der Waals surface area contributed by atoms with Crippen LogP contribution in [0.2, 0.25) is 5.02 Å².